The Hall–Kier alpha value is -2.47. The summed E-state index contributed by atoms with van der Waals surface area (Å²) in [6, 6.07) is 10.8. The smallest absolute Gasteiger partial charge is 0.231 e. The second-order valence-corrected chi connectivity index (χ2v) is 8.49. The minimum Gasteiger partial charge on any atom is -0.304 e. The number of aryl methyl sites for hydroxylation is 2. The van der Waals surface area contributed by atoms with Gasteiger partial charge in [0, 0.05) is 11.1 Å². The minimum atomic E-state index is -3.30. The standard InChI is InChI=1S/C20H20FNO3S/c1-14-3-8-18(11-15(14)2)22(19-9-10-26(24,25)13-19)20(23)12-16-4-6-17(21)7-5-16/h3-11,19H,12-13H2,1-2H3. The van der Waals surface area contributed by atoms with Crippen molar-refractivity contribution in [3.63, 3.8) is 0 Å². The number of sulfone groups is 1. The molecule has 1 amide bonds. The molecule has 1 aliphatic heterocycles. The van der Waals surface area contributed by atoms with E-state index in [9.17, 15) is 17.6 Å². The molecule has 0 aromatic heterocycles. The number of benzene rings is 2. The summed E-state index contributed by atoms with van der Waals surface area (Å²) in [5.41, 5.74) is 3.45. The molecule has 26 heavy (non-hydrogen) atoms. The Labute approximate surface area is 152 Å². The lowest BCUT2D eigenvalue weighted by Gasteiger charge is -2.28. The zero-order valence-electron chi connectivity index (χ0n) is 14.6. The van der Waals surface area contributed by atoms with Crippen molar-refractivity contribution in [1.29, 1.82) is 0 Å². The van der Waals surface area contributed by atoms with Crippen LogP contribution in [-0.2, 0) is 21.1 Å². The van der Waals surface area contributed by atoms with Crippen molar-refractivity contribution in [1.82, 2.24) is 0 Å². The van der Waals surface area contributed by atoms with Gasteiger partial charge in [0.1, 0.15) is 5.82 Å². The van der Waals surface area contributed by atoms with Crippen molar-refractivity contribution in [3.05, 3.63) is 76.5 Å². The van der Waals surface area contributed by atoms with Gasteiger partial charge in [0.25, 0.3) is 0 Å². The molecule has 0 spiro atoms. The van der Waals surface area contributed by atoms with E-state index in [0.29, 0.717) is 11.3 Å². The van der Waals surface area contributed by atoms with Crippen molar-refractivity contribution in [2.45, 2.75) is 26.3 Å². The maximum absolute atomic E-state index is 13.1. The molecule has 1 heterocycles. The number of carbonyl (C=O) groups excluding carboxylic acids is 1. The van der Waals surface area contributed by atoms with Crippen LogP contribution in [0.3, 0.4) is 0 Å². The van der Waals surface area contributed by atoms with Crippen LogP contribution in [0.2, 0.25) is 0 Å². The third-order valence-electron chi connectivity index (χ3n) is 4.55. The zero-order valence-corrected chi connectivity index (χ0v) is 15.5. The molecule has 0 saturated carbocycles. The number of hydrogen-bond donors (Lipinski definition) is 0. The summed E-state index contributed by atoms with van der Waals surface area (Å²) in [5, 5.41) is 1.16. The summed E-state index contributed by atoms with van der Waals surface area (Å²) in [4.78, 5) is 14.5. The predicted octanol–water partition coefficient (Wildman–Crippen LogP) is 3.33. The second-order valence-electron chi connectivity index (χ2n) is 6.56. The third kappa shape index (κ3) is 4.02. The molecule has 2 aromatic rings. The topological polar surface area (TPSA) is 54.5 Å². The molecule has 0 aliphatic carbocycles. The van der Waals surface area contributed by atoms with Gasteiger partial charge in [-0.15, -0.1) is 0 Å². The average molecular weight is 373 g/mol. The first kappa shape index (κ1) is 18.3. The number of amides is 1. The summed E-state index contributed by atoms with van der Waals surface area (Å²) in [6.45, 7) is 3.92. The molecule has 0 bridgehead atoms. The summed E-state index contributed by atoms with van der Waals surface area (Å²) in [6.07, 6.45) is 1.62. The molecule has 1 aliphatic rings. The molecule has 0 radical (unpaired) electrons. The lowest BCUT2D eigenvalue weighted by atomic mass is 10.1. The van der Waals surface area contributed by atoms with E-state index in [1.807, 2.05) is 32.0 Å². The van der Waals surface area contributed by atoms with Gasteiger partial charge < -0.3 is 4.90 Å². The molecule has 0 saturated heterocycles. The molecule has 2 aromatic carbocycles. The normalized spacial score (nSPS) is 18.0. The fourth-order valence-electron chi connectivity index (χ4n) is 2.98. The number of rotatable bonds is 4. The first-order valence-corrected chi connectivity index (χ1v) is 10.0. The van der Waals surface area contributed by atoms with Crippen LogP contribution in [0.4, 0.5) is 10.1 Å². The van der Waals surface area contributed by atoms with E-state index in [1.165, 1.54) is 17.0 Å². The number of hydrogen-bond acceptors (Lipinski definition) is 3. The maximum Gasteiger partial charge on any atom is 0.231 e. The van der Waals surface area contributed by atoms with Crippen LogP contribution in [0.5, 0.6) is 0 Å². The lowest BCUT2D eigenvalue weighted by molar-refractivity contribution is -0.118. The van der Waals surface area contributed by atoms with E-state index in [2.05, 4.69) is 0 Å². The van der Waals surface area contributed by atoms with E-state index in [4.69, 9.17) is 0 Å². The first-order chi connectivity index (χ1) is 12.2. The fourth-order valence-corrected chi connectivity index (χ4v) is 4.25. The fraction of sp³-hybridized carbons (Fsp3) is 0.250. The van der Waals surface area contributed by atoms with Crippen LogP contribution in [0.25, 0.3) is 0 Å². The molecule has 0 N–H and O–H groups in total. The number of nitrogens with zero attached hydrogens (tertiary/aromatic N) is 1. The van der Waals surface area contributed by atoms with Gasteiger partial charge in [-0.2, -0.15) is 0 Å². The van der Waals surface area contributed by atoms with Crippen LogP contribution in [0, 0.1) is 19.7 Å². The Bertz CT molecular complexity index is 965. The predicted molar refractivity (Wildman–Crippen MR) is 100 cm³/mol. The molecule has 0 fully saturated rings. The van der Waals surface area contributed by atoms with Gasteiger partial charge in [0.2, 0.25) is 5.91 Å². The molecule has 1 atom stereocenters. The van der Waals surface area contributed by atoms with Crippen LogP contribution in [0.15, 0.2) is 53.9 Å². The van der Waals surface area contributed by atoms with Gasteiger partial charge in [-0.3, -0.25) is 4.79 Å². The summed E-state index contributed by atoms with van der Waals surface area (Å²) < 4.78 is 36.8. The Kier molecular flexibility index (Phi) is 4.96. The highest BCUT2D eigenvalue weighted by Crippen LogP contribution is 2.26. The number of halogens is 1. The SMILES string of the molecule is Cc1ccc(N(C(=O)Cc2ccc(F)cc2)C2C=CS(=O)(=O)C2)cc1C. The van der Waals surface area contributed by atoms with Crippen LogP contribution < -0.4 is 4.90 Å². The van der Waals surface area contributed by atoms with E-state index >= 15 is 0 Å². The van der Waals surface area contributed by atoms with E-state index in [1.54, 1.807) is 18.2 Å². The van der Waals surface area contributed by atoms with Crippen molar-refractivity contribution < 1.29 is 17.6 Å². The lowest BCUT2D eigenvalue weighted by Crippen LogP contribution is -2.42. The highest BCUT2D eigenvalue weighted by molar-refractivity contribution is 7.94. The van der Waals surface area contributed by atoms with Gasteiger partial charge in [0.15, 0.2) is 9.84 Å². The molecular formula is C20H20FNO3S. The molecule has 6 heteroatoms. The quantitative estimate of drug-likeness (QED) is 0.826. The van der Waals surface area contributed by atoms with Crippen molar-refractivity contribution in [3.8, 4) is 0 Å². The van der Waals surface area contributed by atoms with Gasteiger partial charge in [-0.25, -0.2) is 12.8 Å². The van der Waals surface area contributed by atoms with E-state index in [-0.39, 0.29) is 23.9 Å². The Balaban J connectivity index is 1.94. The van der Waals surface area contributed by atoms with E-state index < -0.39 is 15.9 Å². The average Bonchev–Trinajstić information content (AvgIpc) is 2.93. The molecule has 4 nitrogen and oxygen atoms in total. The van der Waals surface area contributed by atoms with Gasteiger partial charge >= 0.3 is 0 Å². The molecule has 1 unspecified atom stereocenters. The Morgan fingerprint density at radius 1 is 1.12 bits per heavy atom. The maximum atomic E-state index is 13.1. The minimum absolute atomic E-state index is 0.0671. The molecule has 3 rings (SSSR count). The van der Waals surface area contributed by atoms with Gasteiger partial charge in [-0.05, 0) is 60.9 Å². The van der Waals surface area contributed by atoms with Crippen molar-refractivity contribution >= 4 is 21.4 Å². The van der Waals surface area contributed by atoms with Crippen molar-refractivity contribution in [2.24, 2.45) is 0 Å². The monoisotopic (exact) mass is 373 g/mol. The third-order valence-corrected chi connectivity index (χ3v) is 5.93. The van der Waals surface area contributed by atoms with Crippen LogP contribution in [0.1, 0.15) is 16.7 Å². The molecular weight excluding hydrogens is 353 g/mol. The number of anilines is 1. The largest absolute Gasteiger partial charge is 0.304 e. The summed E-state index contributed by atoms with van der Waals surface area (Å²) >= 11 is 0. The van der Waals surface area contributed by atoms with Gasteiger partial charge in [-0.1, -0.05) is 18.2 Å². The highest BCUT2D eigenvalue weighted by Gasteiger charge is 2.31. The highest BCUT2D eigenvalue weighted by atomic mass is 32.2. The second kappa shape index (κ2) is 7.03. The first-order valence-electron chi connectivity index (χ1n) is 8.30. The van der Waals surface area contributed by atoms with Gasteiger partial charge in [0.05, 0.1) is 18.2 Å². The Morgan fingerprint density at radius 2 is 1.81 bits per heavy atom. The number of carbonyl (C=O) groups is 1. The molecule has 136 valence electrons. The zero-order chi connectivity index (χ0) is 18.9. The van der Waals surface area contributed by atoms with Crippen LogP contribution >= 0.6 is 0 Å². The van der Waals surface area contributed by atoms with E-state index in [0.717, 1.165) is 16.5 Å². The summed E-state index contributed by atoms with van der Waals surface area (Å²) in [7, 11) is -3.30. The van der Waals surface area contributed by atoms with Crippen LogP contribution in [-0.4, -0.2) is 26.1 Å². The summed E-state index contributed by atoms with van der Waals surface area (Å²) in [5.74, 6) is -0.724. The van der Waals surface area contributed by atoms with Crippen molar-refractivity contribution in [2.75, 3.05) is 10.7 Å². The Morgan fingerprint density at radius 3 is 2.38 bits per heavy atom.